The van der Waals surface area contributed by atoms with Crippen molar-refractivity contribution in [3.63, 3.8) is 0 Å². The molecule has 0 aromatic carbocycles. The van der Waals surface area contributed by atoms with Crippen LogP contribution in [0.15, 0.2) is 0 Å². The maximum Gasteiger partial charge on any atom is 0.158 e. The monoisotopic (exact) mass is 258 g/mol. The molecule has 2 N–H and O–H groups in total. The Morgan fingerprint density at radius 3 is 2.56 bits per heavy atom. The van der Waals surface area contributed by atoms with Crippen molar-refractivity contribution in [2.75, 3.05) is 33.9 Å². The van der Waals surface area contributed by atoms with E-state index in [9.17, 15) is 0 Å². The predicted octanol–water partition coefficient (Wildman–Crippen LogP) is 1.83. The largest absolute Gasteiger partial charge is 0.356 e. The van der Waals surface area contributed by atoms with Gasteiger partial charge in [0.1, 0.15) is 0 Å². The van der Waals surface area contributed by atoms with Gasteiger partial charge in [0.05, 0.1) is 0 Å². The van der Waals surface area contributed by atoms with Crippen molar-refractivity contribution < 1.29 is 9.47 Å². The zero-order valence-corrected chi connectivity index (χ0v) is 12.4. The molecule has 1 fully saturated rings. The lowest BCUT2D eigenvalue weighted by Gasteiger charge is -2.40. The van der Waals surface area contributed by atoms with E-state index in [0.29, 0.717) is 6.54 Å². The van der Waals surface area contributed by atoms with Gasteiger partial charge < -0.3 is 15.2 Å². The van der Waals surface area contributed by atoms with E-state index >= 15 is 0 Å². The van der Waals surface area contributed by atoms with Crippen molar-refractivity contribution >= 4 is 0 Å². The molecule has 1 aliphatic heterocycles. The van der Waals surface area contributed by atoms with Crippen LogP contribution in [0.25, 0.3) is 0 Å². The fraction of sp³-hybridized carbons (Fsp3) is 1.00. The van der Waals surface area contributed by atoms with E-state index in [4.69, 9.17) is 15.2 Å². The number of nitrogens with two attached hydrogens (primary N) is 1. The molecule has 4 nitrogen and oxygen atoms in total. The summed E-state index contributed by atoms with van der Waals surface area (Å²) in [4.78, 5) is 2.53. The standard InChI is InChI=1S/C14H30N2O2/c1-5-6-12-7-8-16(10-12)14(2,11-15)9-13(17-3)18-4/h12-13H,5-11,15H2,1-4H3. The van der Waals surface area contributed by atoms with Crippen molar-refractivity contribution in [2.24, 2.45) is 11.7 Å². The Balaban J connectivity index is 2.58. The van der Waals surface area contributed by atoms with Crippen molar-refractivity contribution in [3.05, 3.63) is 0 Å². The molecule has 1 heterocycles. The van der Waals surface area contributed by atoms with E-state index in [0.717, 1.165) is 18.9 Å². The van der Waals surface area contributed by atoms with E-state index < -0.39 is 0 Å². The van der Waals surface area contributed by atoms with Crippen LogP contribution in [-0.2, 0) is 9.47 Å². The molecule has 0 spiro atoms. The van der Waals surface area contributed by atoms with Gasteiger partial charge in [-0.05, 0) is 32.2 Å². The summed E-state index contributed by atoms with van der Waals surface area (Å²) in [6.07, 6.45) is 4.57. The Morgan fingerprint density at radius 2 is 2.06 bits per heavy atom. The molecule has 2 unspecified atom stereocenters. The lowest BCUT2D eigenvalue weighted by molar-refractivity contribution is -0.127. The second-order valence-corrected chi connectivity index (χ2v) is 5.70. The first-order valence-electron chi connectivity index (χ1n) is 7.10. The van der Waals surface area contributed by atoms with Gasteiger partial charge in [0.25, 0.3) is 0 Å². The van der Waals surface area contributed by atoms with Gasteiger partial charge >= 0.3 is 0 Å². The lowest BCUT2D eigenvalue weighted by Crippen LogP contribution is -2.52. The Kier molecular flexibility index (Phi) is 6.57. The Morgan fingerprint density at radius 1 is 1.39 bits per heavy atom. The molecular formula is C14H30N2O2. The zero-order chi connectivity index (χ0) is 13.6. The number of methoxy groups -OCH3 is 2. The van der Waals surface area contributed by atoms with Crippen molar-refractivity contribution in [1.82, 2.24) is 4.90 Å². The number of hydrogen-bond donors (Lipinski definition) is 1. The predicted molar refractivity (Wildman–Crippen MR) is 74.5 cm³/mol. The number of ether oxygens (including phenoxy) is 2. The third kappa shape index (κ3) is 3.92. The van der Waals surface area contributed by atoms with Crippen LogP contribution in [0, 0.1) is 5.92 Å². The van der Waals surface area contributed by atoms with E-state index in [2.05, 4.69) is 18.7 Å². The molecule has 0 amide bonds. The van der Waals surface area contributed by atoms with Crippen molar-refractivity contribution in [3.8, 4) is 0 Å². The van der Waals surface area contributed by atoms with Crippen LogP contribution in [0.3, 0.4) is 0 Å². The summed E-state index contributed by atoms with van der Waals surface area (Å²) in [5.74, 6) is 0.837. The molecule has 0 aromatic rings. The van der Waals surface area contributed by atoms with E-state index in [1.807, 2.05) is 0 Å². The van der Waals surface area contributed by atoms with Crippen LogP contribution < -0.4 is 5.73 Å². The van der Waals surface area contributed by atoms with Gasteiger partial charge in [0, 0.05) is 39.3 Å². The highest BCUT2D eigenvalue weighted by molar-refractivity contribution is 4.92. The van der Waals surface area contributed by atoms with Crippen molar-refractivity contribution in [2.45, 2.75) is 51.4 Å². The van der Waals surface area contributed by atoms with E-state index in [1.54, 1.807) is 14.2 Å². The highest BCUT2D eigenvalue weighted by Gasteiger charge is 2.37. The Labute approximate surface area is 112 Å². The van der Waals surface area contributed by atoms with Crippen LogP contribution in [0.1, 0.15) is 39.5 Å². The van der Waals surface area contributed by atoms with Crippen LogP contribution in [0.4, 0.5) is 0 Å². The molecule has 108 valence electrons. The second kappa shape index (κ2) is 7.43. The molecule has 0 aromatic heterocycles. The molecule has 1 aliphatic rings. The topological polar surface area (TPSA) is 47.7 Å². The normalized spacial score (nSPS) is 24.7. The molecule has 4 heteroatoms. The van der Waals surface area contributed by atoms with E-state index in [-0.39, 0.29) is 11.8 Å². The minimum absolute atomic E-state index is 0.0147. The highest BCUT2D eigenvalue weighted by Crippen LogP contribution is 2.30. The van der Waals surface area contributed by atoms with Crippen LogP contribution in [-0.4, -0.2) is 50.6 Å². The first-order valence-corrected chi connectivity index (χ1v) is 7.10. The fourth-order valence-electron chi connectivity index (χ4n) is 2.93. The summed E-state index contributed by atoms with van der Waals surface area (Å²) in [6.45, 7) is 7.46. The molecule has 1 saturated heterocycles. The number of hydrogen-bond acceptors (Lipinski definition) is 4. The first-order chi connectivity index (χ1) is 8.59. The average Bonchev–Trinajstić information content (AvgIpc) is 2.85. The van der Waals surface area contributed by atoms with Gasteiger partial charge in [-0.2, -0.15) is 0 Å². The van der Waals surface area contributed by atoms with Gasteiger partial charge in [0.2, 0.25) is 0 Å². The number of likely N-dealkylation sites (tertiary alicyclic amines) is 1. The maximum absolute atomic E-state index is 6.01. The third-order valence-corrected chi connectivity index (χ3v) is 4.32. The molecule has 18 heavy (non-hydrogen) atoms. The van der Waals surface area contributed by atoms with Gasteiger partial charge in [-0.25, -0.2) is 0 Å². The molecule has 0 radical (unpaired) electrons. The quantitative estimate of drug-likeness (QED) is 0.675. The third-order valence-electron chi connectivity index (χ3n) is 4.32. The summed E-state index contributed by atoms with van der Waals surface area (Å²) in [7, 11) is 3.38. The summed E-state index contributed by atoms with van der Waals surface area (Å²) in [6, 6.07) is 0. The summed E-state index contributed by atoms with van der Waals surface area (Å²) < 4.78 is 10.7. The summed E-state index contributed by atoms with van der Waals surface area (Å²) >= 11 is 0. The van der Waals surface area contributed by atoms with Crippen molar-refractivity contribution in [1.29, 1.82) is 0 Å². The molecule has 0 saturated carbocycles. The Bertz CT molecular complexity index is 234. The molecule has 1 rings (SSSR count). The second-order valence-electron chi connectivity index (χ2n) is 5.70. The smallest absolute Gasteiger partial charge is 0.158 e. The SMILES string of the molecule is CCCC1CCN(C(C)(CN)CC(OC)OC)C1. The van der Waals surface area contributed by atoms with Crippen LogP contribution in [0.2, 0.25) is 0 Å². The molecule has 0 aliphatic carbocycles. The maximum atomic E-state index is 6.01. The van der Waals surface area contributed by atoms with Gasteiger partial charge in [0.15, 0.2) is 6.29 Å². The number of rotatable bonds is 8. The number of nitrogens with zero attached hydrogens (tertiary/aromatic N) is 1. The lowest BCUT2D eigenvalue weighted by atomic mass is 9.95. The highest BCUT2D eigenvalue weighted by atomic mass is 16.7. The van der Waals surface area contributed by atoms with Crippen LogP contribution in [0.5, 0.6) is 0 Å². The molecule has 0 bridgehead atoms. The minimum Gasteiger partial charge on any atom is -0.356 e. The molecular weight excluding hydrogens is 228 g/mol. The van der Waals surface area contributed by atoms with Gasteiger partial charge in [-0.3, -0.25) is 4.90 Å². The minimum atomic E-state index is -0.163. The van der Waals surface area contributed by atoms with Gasteiger partial charge in [-0.1, -0.05) is 13.3 Å². The fourth-order valence-corrected chi connectivity index (χ4v) is 2.93. The zero-order valence-electron chi connectivity index (χ0n) is 12.4. The first kappa shape index (κ1) is 15.9. The summed E-state index contributed by atoms with van der Waals surface area (Å²) in [5.41, 5.74) is 6.00. The molecule has 2 atom stereocenters. The average molecular weight is 258 g/mol. The van der Waals surface area contributed by atoms with Gasteiger partial charge in [-0.15, -0.1) is 0 Å². The Hall–Kier alpha value is -0.160. The van der Waals surface area contributed by atoms with E-state index in [1.165, 1.54) is 25.8 Å². The van der Waals surface area contributed by atoms with Crippen LogP contribution >= 0.6 is 0 Å². The summed E-state index contributed by atoms with van der Waals surface area (Å²) in [5, 5.41) is 0.